The first kappa shape index (κ1) is 14.5. The molecule has 1 aromatic heterocycles. The summed E-state index contributed by atoms with van der Waals surface area (Å²) in [5.41, 5.74) is 3.90. The van der Waals surface area contributed by atoms with Crippen molar-refractivity contribution < 1.29 is 4.79 Å². The van der Waals surface area contributed by atoms with Gasteiger partial charge >= 0.3 is 0 Å². The van der Waals surface area contributed by atoms with Crippen LogP contribution in [0, 0.1) is 6.92 Å². The fourth-order valence-corrected chi connectivity index (χ4v) is 3.76. The van der Waals surface area contributed by atoms with Crippen LogP contribution in [0.15, 0.2) is 30.5 Å². The highest BCUT2D eigenvalue weighted by Gasteiger charge is 2.30. The van der Waals surface area contributed by atoms with Gasteiger partial charge in [-0.2, -0.15) is 0 Å². The van der Waals surface area contributed by atoms with E-state index in [9.17, 15) is 4.79 Å². The molecule has 120 valence electrons. The van der Waals surface area contributed by atoms with Gasteiger partial charge in [0.05, 0.1) is 0 Å². The van der Waals surface area contributed by atoms with Gasteiger partial charge in [0, 0.05) is 44.1 Å². The summed E-state index contributed by atoms with van der Waals surface area (Å²) in [5.74, 6) is 0.483. The Morgan fingerprint density at radius 2 is 1.78 bits per heavy atom. The predicted octanol–water partition coefficient (Wildman–Crippen LogP) is 1.64. The van der Waals surface area contributed by atoms with Gasteiger partial charge < -0.3 is 9.88 Å². The lowest BCUT2D eigenvalue weighted by atomic mass is 10.1. The van der Waals surface area contributed by atoms with Gasteiger partial charge in [-0.05, 0) is 30.9 Å². The van der Waals surface area contributed by atoms with Crippen LogP contribution in [0.25, 0.3) is 0 Å². The average Bonchev–Trinajstić information content (AvgIpc) is 3.20. The summed E-state index contributed by atoms with van der Waals surface area (Å²) in [6, 6.07) is 9.34. The van der Waals surface area contributed by atoms with Crippen molar-refractivity contribution in [3.63, 3.8) is 0 Å². The van der Waals surface area contributed by atoms with Crippen molar-refractivity contribution >= 4 is 5.91 Å². The number of aromatic amines is 1. The van der Waals surface area contributed by atoms with Gasteiger partial charge in [0.1, 0.15) is 0 Å². The number of carbonyl (C=O) groups excluding carboxylic acids is 1. The Kier molecular flexibility index (Phi) is 3.65. The summed E-state index contributed by atoms with van der Waals surface area (Å²) in [6.45, 7) is 5.38. The molecule has 23 heavy (non-hydrogen) atoms. The van der Waals surface area contributed by atoms with E-state index in [0.29, 0.717) is 11.9 Å². The number of piperazine rings is 1. The molecule has 5 nitrogen and oxygen atoms in total. The minimum atomic E-state index is 0.0208. The lowest BCUT2D eigenvalue weighted by Crippen LogP contribution is -2.52. The van der Waals surface area contributed by atoms with Crippen LogP contribution in [-0.2, 0) is 12.8 Å². The van der Waals surface area contributed by atoms with Crippen molar-refractivity contribution in [1.82, 2.24) is 19.8 Å². The molecule has 2 heterocycles. The second-order valence-electron chi connectivity index (χ2n) is 6.57. The molecule has 2 aliphatic rings. The molecule has 1 N–H and O–H groups in total. The normalized spacial score (nSPS) is 19.1. The number of hydrogen-bond donors (Lipinski definition) is 1. The van der Waals surface area contributed by atoms with E-state index in [0.717, 1.165) is 44.7 Å². The lowest BCUT2D eigenvalue weighted by Gasteiger charge is -2.37. The third-order valence-corrected chi connectivity index (χ3v) is 5.05. The maximum atomic E-state index is 12.4. The minimum absolute atomic E-state index is 0.0208. The Labute approximate surface area is 136 Å². The van der Waals surface area contributed by atoms with Crippen molar-refractivity contribution in [1.29, 1.82) is 0 Å². The third-order valence-electron chi connectivity index (χ3n) is 5.05. The third kappa shape index (κ3) is 2.77. The zero-order valence-corrected chi connectivity index (χ0v) is 13.5. The smallest absolute Gasteiger partial charge is 0.289 e. The number of aryl methyl sites for hydroxylation is 1. The molecule has 4 rings (SSSR count). The topological polar surface area (TPSA) is 52.2 Å². The largest absolute Gasteiger partial charge is 0.338 e. The van der Waals surface area contributed by atoms with Crippen molar-refractivity contribution in [2.75, 3.05) is 26.2 Å². The van der Waals surface area contributed by atoms with Gasteiger partial charge in [-0.15, -0.1) is 0 Å². The van der Waals surface area contributed by atoms with Crippen molar-refractivity contribution in [3.8, 4) is 0 Å². The van der Waals surface area contributed by atoms with Gasteiger partial charge in [0.25, 0.3) is 5.91 Å². The average molecular weight is 310 g/mol. The van der Waals surface area contributed by atoms with Gasteiger partial charge in [0.15, 0.2) is 5.82 Å². The number of H-pyrrole nitrogens is 1. The summed E-state index contributed by atoms with van der Waals surface area (Å²) >= 11 is 0. The molecule has 1 aliphatic carbocycles. The van der Waals surface area contributed by atoms with Crippen molar-refractivity contribution in [2.24, 2.45) is 0 Å². The summed E-state index contributed by atoms with van der Waals surface area (Å²) in [5, 5.41) is 0. The number of hydrogen-bond acceptors (Lipinski definition) is 3. The number of nitrogens with one attached hydrogen (secondary N) is 1. The molecule has 0 radical (unpaired) electrons. The maximum absolute atomic E-state index is 12.4. The number of imidazole rings is 1. The molecule has 2 aromatic rings. The lowest BCUT2D eigenvalue weighted by molar-refractivity contribution is 0.0565. The van der Waals surface area contributed by atoms with Crippen LogP contribution in [0.1, 0.15) is 27.4 Å². The second-order valence-corrected chi connectivity index (χ2v) is 6.57. The van der Waals surface area contributed by atoms with E-state index in [-0.39, 0.29) is 5.91 Å². The fourth-order valence-electron chi connectivity index (χ4n) is 3.76. The molecule has 0 unspecified atom stereocenters. The molecule has 5 heteroatoms. The van der Waals surface area contributed by atoms with E-state index >= 15 is 0 Å². The van der Waals surface area contributed by atoms with Crippen LogP contribution in [0.4, 0.5) is 0 Å². The number of rotatable bonds is 2. The number of fused-ring (bicyclic) bond motifs is 1. The van der Waals surface area contributed by atoms with E-state index in [1.165, 1.54) is 11.1 Å². The van der Waals surface area contributed by atoms with E-state index in [1.54, 1.807) is 6.20 Å². The second kappa shape index (κ2) is 5.81. The minimum Gasteiger partial charge on any atom is -0.338 e. The van der Waals surface area contributed by atoms with Crippen LogP contribution in [0.5, 0.6) is 0 Å². The SMILES string of the molecule is Cc1cnc(C(=O)N2CCN(C3Cc4ccccc4C3)CC2)[nH]1. The first-order chi connectivity index (χ1) is 11.2. The van der Waals surface area contributed by atoms with E-state index in [2.05, 4.69) is 39.1 Å². The molecule has 1 aromatic carbocycles. The molecule has 1 amide bonds. The first-order valence-electron chi connectivity index (χ1n) is 8.32. The van der Waals surface area contributed by atoms with Crippen LogP contribution in [0.2, 0.25) is 0 Å². The highest BCUT2D eigenvalue weighted by Crippen LogP contribution is 2.26. The van der Waals surface area contributed by atoms with E-state index in [4.69, 9.17) is 0 Å². The highest BCUT2D eigenvalue weighted by atomic mass is 16.2. The number of aromatic nitrogens is 2. The Morgan fingerprint density at radius 1 is 1.13 bits per heavy atom. The zero-order chi connectivity index (χ0) is 15.8. The number of carbonyl (C=O) groups is 1. The maximum Gasteiger partial charge on any atom is 0.289 e. The Morgan fingerprint density at radius 3 is 2.35 bits per heavy atom. The number of amides is 1. The van der Waals surface area contributed by atoms with Crippen molar-refractivity contribution in [2.45, 2.75) is 25.8 Å². The van der Waals surface area contributed by atoms with Gasteiger partial charge in [-0.1, -0.05) is 24.3 Å². The van der Waals surface area contributed by atoms with Crippen LogP contribution >= 0.6 is 0 Å². The quantitative estimate of drug-likeness (QED) is 0.917. The summed E-state index contributed by atoms with van der Waals surface area (Å²) in [4.78, 5) is 24.1. The standard InChI is InChI=1S/C18H22N4O/c1-13-12-19-17(20-13)18(23)22-8-6-21(7-9-22)16-10-14-4-2-3-5-15(14)11-16/h2-5,12,16H,6-11H2,1H3,(H,19,20). The van der Waals surface area contributed by atoms with Gasteiger partial charge in [0.2, 0.25) is 0 Å². The fraction of sp³-hybridized carbons (Fsp3) is 0.444. The molecule has 0 saturated carbocycles. The summed E-state index contributed by atoms with van der Waals surface area (Å²) < 4.78 is 0. The monoisotopic (exact) mass is 310 g/mol. The van der Waals surface area contributed by atoms with Crippen molar-refractivity contribution in [3.05, 3.63) is 53.1 Å². The first-order valence-corrected chi connectivity index (χ1v) is 8.32. The summed E-state index contributed by atoms with van der Waals surface area (Å²) in [6.07, 6.45) is 3.99. The van der Waals surface area contributed by atoms with Gasteiger partial charge in [-0.3, -0.25) is 9.69 Å². The Bertz CT molecular complexity index is 690. The number of benzene rings is 1. The highest BCUT2D eigenvalue weighted by molar-refractivity contribution is 5.90. The molecule has 0 atom stereocenters. The van der Waals surface area contributed by atoms with E-state index in [1.807, 2.05) is 11.8 Å². The molecule has 0 bridgehead atoms. The molecule has 0 spiro atoms. The zero-order valence-electron chi connectivity index (χ0n) is 13.5. The molecule has 1 aliphatic heterocycles. The van der Waals surface area contributed by atoms with Gasteiger partial charge in [-0.25, -0.2) is 4.98 Å². The van der Waals surface area contributed by atoms with Crippen LogP contribution in [-0.4, -0.2) is 57.9 Å². The molecule has 1 saturated heterocycles. The molecular weight excluding hydrogens is 288 g/mol. The van der Waals surface area contributed by atoms with E-state index < -0.39 is 0 Å². The molecule has 1 fully saturated rings. The number of nitrogens with zero attached hydrogens (tertiary/aromatic N) is 3. The Balaban J connectivity index is 1.36. The van der Waals surface area contributed by atoms with Crippen LogP contribution < -0.4 is 0 Å². The predicted molar refractivity (Wildman–Crippen MR) is 88.4 cm³/mol. The summed E-state index contributed by atoms with van der Waals surface area (Å²) in [7, 11) is 0. The van der Waals surface area contributed by atoms with Crippen LogP contribution in [0.3, 0.4) is 0 Å². The molecular formula is C18H22N4O. The Hall–Kier alpha value is -2.14.